The Morgan fingerprint density at radius 1 is 1.40 bits per heavy atom. The van der Waals surface area contributed by atoms with Crippen molar-refractivity contribution in [3.63, 3.8) is 0 Å². The van der Waals surface area contributed by atoms with Gasteiger partial charge in [-0.05, 0) is 50.1 Å². The Balaban J connectivity index is 2.41. The quantitative estimate of drug-likeness (QED) is 0.847. The molecule has 0 saturated heterocycles. The van der Waals surface area contributed by atoms with Gasteiger partial charge in [-0.2, -0.15) is 0 Å². The zero-order valence-corrected chi connectivity index (χ0v) is 10.8. The summed E-state index contributed by atoms with van der Waals surface area (Å²) in [6.45, 7) is 0.434. The minimum atomic E-state index is -0.0744. The van der Waals surface area contributed by atoms with Crippen molar-refractivity contribution in [2.24, 2.45) is 0 Å². The second-order valence-electron chi connectivity index (χ2n) is 3.02. The predicted octanol–water partition coefficient (Wildman–Crippen LogP) is 3.01. The fourth-order valence-corrected chi connectivity index (χ4v) is 2.51. The first kappa shape index (κ1) is 10.7. The van der Waals surface area contributed by atoms with Crippen LogP contribution in [0.3, 0.4) is 0 Å². The average Bonchev–Trinajstić information content (AvgIpc) is 2.66. The summed E-state index contributed by atoms with van der Waals surface area (Å²) in [6.07, 6.45) is 3.32. The van der Waals surface area contributed by atoms with Gasteiger partial charge >= 0.3 is 0 Å². The molecule has 15 heavy (non-hydrogen) atoms. The molecule has 0 amide bonds. The second-order valence-corrected chi connectivity index (χ2v) is 4.79. The van der Waals surface area contributed by atoms with Crippen molar-refractivity contribution >= 4 is 31.9 Å². The average molecular weight is 333 g/mol. The zero-order chi connectivity index (χ0) is 10.8. The van der Waals surface area contributed by atoms with Crippen LogP contribution >= 0.6 is 31.9 Å². The summed E-state index contributed by atoms with van der Waals surface area (Å²) in [5.74, 6) is 0.752. The molecule has 2 aromatic rings. The molecule has 78 valence electrons. The number of nitrogens with zero attached hydrogens (tertiary/aromatic N) is 1. The van der Waals surface area contributed by atoms with Crippen LogP contribution in [-0.4, -0.2) is 4.57 Å². The van der Waals surface area contributed by atoms with Crippen LogP contribution < -0.4 is 5.56 Å². The van der Waals surface area contributed by atoms with Gasteiger partial charge in [-0.25, -0.2) is 0 Å². The summed E-state index contributed by atoms with van der Waals surface area (Å²) in [6, 6.07) is 5.36. The van der Waals surface area contributed by atoms with E-state index in [0.717, 1.165) is 10.2 Å². The lowest BCUT2D eigenvalue weighted by atomic mass is 10.4. The Kier molecular flexibility index (Phi) is 3.11. The number of furan rings is 1. The lowest BCUT2D eigenvalue weighted by Gasteiger charge is -2.04. The molecule has 0 unspecified atom stereocenters. The van der Waals surface area contributed by atoms with Gasteiger partial charge in [-0.1, -0.05) is 0 Å². The zero-order valence-electron chi connectivity index (χ0n) is 7.61. The van der Waals surface area contributed by atoms with Gasteiger partial charge in [0.1, 0.15) is 5.76 Å². The third-order valence-electron chi connectivity index (χ3n) is 1.92. The Hall–Kier alpha value is -0.810. The number of hydrogen-bond donors (Lipinski definition) is 0. The first-order valence-corrected chi connectivity index (χ1v) is 5.83. The summed E-state index contributed by atoms with van der Waals surface area (Å²) in [4.78, 5) is 11.7. The Morgan fingerprint density at radius 2 is 2.20 bits per heavy atom. The molecule has 0 aromatic carbocycles. The molecular formula is C10H7Br2NO2. The minimum absolute atomic E-state index is 0.0744. The van der Waals surface area contributed by atoms with E-state index in [4.69, 9.17) is 4.42 Å². The molecule has 0 aliphatic rings. The molecule has 3 nitrogen and oxygen atoms in total. The number of rotatable bonds is 2. The third-order valence-corrected chi connectivity index (χ3v) is 2.92. The summed E-state index contributed by atoms with van der Waals surface area (Å²) >= 11 is 6.54. The molecule has 0 saturated carbocycles. The van der Waals surface area contributed by atoms with Crippen molar-refractivity contribution in [1.29, 1.82) is 0 Å². The van der Waals surface area contributed by atoms with Gasteiger partial charge in [0.05, 0.1) is 17.3 Å². The Labute approximate surface area is 103 Å². The topological polar surface area (TPSA) is 35.1 Å². The van der Waals surface area contributed by atoms with E-state index in [-0.39, 0.29) is 5.56 Å². The predicted molar refractivity (Wildman–Crippen MR) is 63.9 cm³/mol. The third kappa shape index (κ3) is 2.41. The number of pyridine rings is 1. The lowest BCUT2D eigenvalue weighted by molar-refractivity contribution is 0.489. The normalized spacial score (nSPS) is 10.5. The molecule has 0 aliphatic heterocycles. The summed E-state index contributed by atoms with van der Waals surface area (Å²) < 4.78 is 8.14. The van der Waals surface area contributed by atoms with Crippen LogP contribution in [0.15, 0.2) is 48.8 Å². The van der Waals surface area contributed by atoms with E-state index in [1.54, 1.807) is 29.2 Å². The fraction of sp³-hybridized carbons (Fsp3) is 0.100. The van der Waals surface area contributed by atoms with Gasteiger partial charge in [0.25, 0.3) is 5.56 Å². The van der Waals surface area contributed by atoms with Crippen molar-refractivity contribution in [2.75, 3.05) is 0 Å². The van der Waals surface area contributed by atoms with E-state index < -0.39 is 0 Å². The molecule has 0 bridgehead atoms. The highest BCUT2D eigenvalue weighted by Crippen LogP contribution is 2.13. The van der Waals surface area contributed by atoms with Gasteiger partial charge in [0, 0.05) is 10.7 Å². The molecule has 0 spiro atoms. The van der Waals surface area contributed by atoms with Crippen LogP contribution in [-0.2, 0) is 6.54 Å². The van der Waals surface area contributed by atoms with Crippen molar-refractivity contribution in [2.45, 2.75) is 6.54 Å². The van der Waals surface area contributed by atoms with E-state index in [1.807, 2.05) is 6.07 Å². The molecule has 0 aliphatic carbocycles. The van der Waals surface area contributed by atoms with Crippen LogP contribution in [0.25, 0.3) is 0 Å². The minimum Gasteiger partial charge on any atom is -0.467 e. The second kappa shape index (κ2) is 4.37. The first-order chi connectivity index (χ1) is 7.16. The molecule has 2 aromatic heterocycles. The van der Waals surface area contributed by atoms with Crippen LogP contribution in [0.2, 0.25) is 0 Å². The fourth-order valence-electron chi connectivity index (χ4n) is 1.25. The highest BCUT2D eigenvalue weighted by atomic mass is 79.9. The Morgan fingerprint density at radius 3 is 2.87 bits per heavy atom. The summed E-state index contributed by atoms with van der Waals surface area (Å²) in [5, 5.41) is 0. The van der Waals surface area contributed by atoms with Gasteiger partial charge in [0.2, 0.25) is 0 Å². The van der Waals surface area contributed by atoms with Crippen LogP contribution in [0, 0.1) is 0 Å². The Bertz CT molecular complexity index is 517. The SMILES string of the molecule is O=c1c(Br)cc(Br)cn1Cc1ccco1. The standard InChI is InChI=1S/C10H7Br2NO2/c11-7-4-9(12)10(14)13(5-7)6-8-2-1-3-15-8/h1-5H,6H2. The van der Waals surface area contributed by atoms with Crippen molar-refractivity contribution < 1.29 is 4.42 Å². The molecule has 0 N–H and O–H groups in total. The monoisotopic (exact) mass is 331 g/mol. The smallest absolute Gasteiger partial charge is 0.265 e. The molecule has 0 radical (unpaired) electrons. The van der Waals surface area contributed by atoms with Crippen LogP contribution in [0.1, 0.15) is 5.76 Å². The van der Waals surface area contributed by atoms with E-state index in [9.17, 15) is 4.79 Å². The first-order valence-electron chi connectivity index (χ1n) is 4.24. The molecule has 2 rings (SSSR count). The molecular weight excluding hydrogens is 326 g/mol. The molecule has 0 atom stereocenters. The number of halogens is 2. The van der Waals surface area contributed by atoms with Gasteiger partial charge in [-0.3, -0.25) is 4.79 Å². The molecule has 2 heterocycles. The number of aromatic nitrogens is 1. The van der Waals surface area contributed by atoms with E-state index in [2.05, 4.69) is 31.9 Å². The summed E-state index contributed by atoms with van der Waals surface area (Å²) in [7, 11) is 0. The summed E-state index contributed by atoms with van der Waals surface area (Å²) in [5.41, 5.74) is -0.0744. The lowest BCUT2D eigenvalue weighted by Crippen LogP contribution is -2.20. The molecule has 5 heteroatoms. The van der Waals surface area contributed by atoms with Gasteiger partial charge < -0.3 is 8.98 Å². The maximum Gasteiger partial charge on any atom is 0.265 e. The van der Waals surface area contributed by atoms with E-state index >= 15 is 0 Å². The van der Waals surface area contributed by atoms with Crippen LogP contribution in [0.5, 0.6) is 0 Å². The largest absolute Gasteiger partial charge is 0.467 e. The maximum absolute atomic E-state index is 11.7. The van der Waals surface area contributed by atoms with Crippen molar-refractivity contribution in [3.05, 3.63) is 55.7 Å². The molecule has 0 fully saturated rings. The van der Waals surface area contributed by atoms with Gasteiger partial charge in [-0.15, -0.1) is 0 Å². The van der Waals surface area contributed by atoms with Crippen molar-refractivity contribution in [3.8, 4) is 0 Å². The van der Waals surface area contributed by atoms with E-state index in [1.165, 1.54) is 0 Å². The van der Waals surface area contributed by atoms with E-state index in [0.29, 0.717) is 11.0 Å². The van der Waals surface area contributed by atoms with Gasteiger partial charge in [0.15, 0.2) is 0 Å². The highest BCUT2D eigenvalue weighted by Gasteiger charge is 2.04. The number of hydrogen-bond acceptors (Lipinski definition) is 2. The maximum atomic E-state index is 11.7. The highest BCUT2D eigenvalue weighted by molar-refractivity contribution is 9.11. The van der Waals surface area contributed by atoms with Crippen molar-refractivity contribution in [1.82, 2.24) is 4.57 Å². The van der Waals surface area contributed by atoms with Crippen LogP contribution in [0.4, 0.5) is 0 Å².